The normalized spacial score (nSPS) is 14.3. The molecule has 3 rings (SSSR count). The second kappa shape index (κ2) is 6.31. The van der Waals surface area contributed by atoms with Crippen LogP contribution in [0, 0.1) is 0 Å². The molecular weight excluding hydrogens is 294 g/mol. The van der Waals surface area contributed by atoms with Crippen LogP contribution in [0.4, 0.5) is 11.4 Å². The molecule has 0 atom stereocenters. The van der Waals surface area contributed by atoms with Crippen molar-refractivity contribution in [2.45, 2.75) is 12.8 Å². The average Bonchev–Trinajstić information content (AvgIpc) is 2.58. The van der Waals surface area contributed by atoms with Crippen LogP contribution in [-0.4, -0.2) is 22.6 Å². The van der Waals surface area contributed by atoms with Crippen molar-refractivity contribution >= 4 is 28.9 Å². The minimum absolute atomic E-state index is 0.0201. The maximum absolute atomic E-state index is 12.3. The number of hydrogen-bond acceptors (Lipinski definition) is 4. The number of amides is 2. The third kappa shape index (κ3) is 3.21. The van der Waals surface area contributed by atoms with Crippen LogP contribution >= 0.6 is 0 Å². The van der Waals surface area contributed by atoms with Crippen LogP contribution in [0.5, 0.6) is 5.75 Å². The van der Waals surface area contributed by atoms with Gasteiger partial charge in [0.15, 0.2) is 0 Å². The van der Waals surface area contributed by atoms with Crippen LogP contribution < -0.4 is 10.3 Å². The van der Waals surface area contributed by atoms with Gasteiger partial charge in [0.05, 0.1) is 11.4 Å². The van der Waals surface area contributed by atoms with E-state index in [1.54, 1.807) is 42.5 Å². The number of carbonyl (C=O) groups excluding carboxylic acids is 2. The smallest absolute Gasteiger partial charge is 0.271 e. The fourth-order valence-electron chi connectivity index (χ4n) is 2.26. The molecule has 0 unspecified atom stereocenters. The van der Waals surface area contributed by atoms with Gasteiger partial charge in [-0.2, -0.15) is 5.10 Å². The standard InChI is InChI=1S/C17H15N3O3/c21-15-9-5-4-8-13(15)18-17(23)14-10-11-16(22)20(19-14)12-6-2-1-3-7-12/h1-9,21H,10-11H2,(H,18,23). The van der Waals surface area contributed by atoms with Gasteiger partial charge in [-0.1, -0.05) is 30.3 Å². The maximum Gasteiger partial charge on any atom is 0.271 e. The number of phenolic OH excluding ortho intramolecular Hbond substituents is 1. The molecule has 1 aliphatic heterocycles. The molecule has 2 aromatic carbocycles. The van der Waals surface area contributed by atoms with E-state index >= 15 is 0 Å². The van der Waals surface area contributed by atoms with Crippen LogP contribution in [0.2, 0.25) is 0 Å². The second-order valence-corrected chi connectivity index (χ2v) is 5.06. The molecule has 6 heteroatoms. The Hall–Kier alpha value is -3.15. The molecule has 0 fully saturated rings. The Bertz CT molecular complexity index is 772. The Labute approximate surface area is 133 Å². The summed E-state index contributed by atoms with van der Waals surface area (Å²) < 4.78 is 0. The molecule has 23 heavy (non-hydrogen) atoms. The van der Waals surface area contributed by atoms with Gasteiger partial charge in [0.25, 0.3) is 5.91 Å². The summed E-state index contributed by atoms with van der Waals surface area (Å²) in [6, 6.07) is 15.4. The molecule has 0 radical (unpaired) electrons. The summed E-state index contributed by atoms with van der Waals surface area (Å²) in [6.45, 7) is 0. The number of hydrogen-bond donors (Lipinski definition) is 2. The van der Waals surface area contributed by atoms with E-state index in [2.05, 4.69) is 10.4 Å². The highest BCUT2D eigenvalue weighted by molar-refractivity contribution is 6.44. The molecule has 2 amide bonds. The number of aromatic hydroxyl groups is 1. The van der Waals surface area contributed by atoms with E-state index in [-0.39, 0.29) is 30.2 Å². The number of rotatable bonds is 3. The van der Waals surface area contributed by atoms with Crippen LogP contribution in [0.25, 0.3) is 0 Å². The summed E-state index contributed by atoms with van der Waals surface area (Å²) >= 11 is 0. The van der Waals surface area contributed by atoms with Crippen molar-refractivity contribution in [2.24, 2.45) is 5.10 Å². The predicted octanol–water partition coefficient (Wildman–Crippen LogP) is 2.51. The Morgan fingerprint density at radius 2 is 1.74 bits per heavy atom. The van der Waals surface area contributed by atoms with Gasteiger partial charge in [-0.3, -0.25) is 9.59 Å². The molecule has 0 saturated heterocycles. The lowest BCUT2D eigenvalue weighted by Crippen LogP contribution is -2.36. The quantitative estimate of drug-likeness (QED) is 0.855. The number of nitrogens with one attached hydrogen (secondary N) is 1. The molecular formula is C17H15N3O3. The van der Waals surface area contributed by atoms with Crippen molar-refractivity contribution in [3.63, 3.8) is 0 Å². The fraction of sp³-hybridized carbons (Fsp3) is 0.118. The van der Waals surface area contributed by atoms with E-state index < -0.39 is 5.91 Å². The van der Waals surface area contributed by atoms with Gasteiger partial charge in [0.2, 0.25) is 5.91 Å². The number of benzene rings is 2. The summed E-state index contributed by atoms with van der Waals surface area (Å²) in [4.78, 5) is 24.3. The number of nitrogens with zero attached hydrogens (tertiary/aromatic N) is 2. The van der Waals surface area contributed by atoms with Crippen molar-refractivity contribution in [3.8, 4) is 5.75 Å². The van der Waals surface area contributed by atoms with Gasteiger partial charge in [0, 0.05) is 12.8 Å². The van der Waals surface area contributed by atoms with Crippen LogP contribution in [-0.2, 0) is 9.59 Å². The molecule has 0 spiro atoms. The third-order valence-corrected chi connectivity index (χ3v) is 3.45. The van der Waals surface area contributed by atoms with Gasteiger partial charge < -0.3 is 10.4 Å². The van der Waals surface area contributed by atoms with Crippen LogP contribution in [0.1, 0.15) is 12.8 Å². The van der Waals surface area contributed by atoms with Crippen LogP contribution in [0.15, 0.2) is 59.7 Å². The summed E-state index contributed by atoms with van der Waals surface area (Å²) in [5.41, 5.74) is 1.17. The van der Waals surface area contributed by atoms with Crippen molar-refractivity contribution in [1.29, 1.82) is 0 Å². The first-order valence-corrected chi connectivity index (χ1v) is 7.20. The number of para-hydroxylation sites is 3. The molecule has 0 aliphatic carbocycles. The molecule has 2 aromatic rings. The largest absolute Gasteiger partial charge is 0.506 e. The minimum Gasteiger partial charge on any atom is -0.506 e. The zero-order chi connectivity index (χ0) is 16.2. The van der Waals surface area contributed by atoms with Crippen LogP contribution in [0.3, 0.4) is 0 Å². The zero-order valence-corrected chi connectivity index (χ0v) is 12.3. The van der Waals surface area contributed by atoms with Gasteiger partial charge in [0.1, 0.15) is 11.5 Å². The predicted molar refractivity (Wildman–Crippen MR) is 87.3 cm³/mol. The maximum atomic E-state index is 12.3. The van der Waals surface area contributed by atoms with Crippen molar-refractivity contribution in [2.75, 3.05) is 10.3 Å². The van der Waals surface area contributed by atoms with E-state index in [0.29, 0.717) is 11.4 Å². The highest BCUT2D eigenvalue weighted by Gasteiger charge is 2.25. The Morgan fingerprint density at radius 1 is 1.04 bits per heavy atom. The molecule has 6 nitrogen and oxygen atoms in total. The lowest BCUT2D eigenvalue weighted by molar-refractivity contribution is -0.118. The number of phenols is 1. The Kier molecular flexibility index (Phi) is 4.05. The average molecular weight is 309 g/mol. The Morgan fingerprint density at radius 3 is 2.48 bits per heavy atom. The summed E-state index contributed by atoms with van der Waals surface area (Å²) in [7, 11) is 0. The van der Waals surface area contributed by atoms with Gasteiger partial charge in [-0.05, 0) is 24.3 Å². The first-order valence-electron chi connectivity index (χ1n) is 7.20. The topological polar surface area (TPSA) is 82.0 Å². The molecule has 0 bridgehead atoms. The van der Waals surface area contributed by atoms with Crippen molar-refractivity contribution in [1.82, 2.24) is 0 Å². The van der Waals surface area contributed by atoms with E-state index in [1.807, 2.05) is 6.07 Å². The van der Waals surface area contributed by atoms with Gasteiger partial charge >= 0.3 is 0 Å². The zero-order valence-electron chi connectivity index (χ0n) is 12.3. The molecule has 1 aliphatic rings. The lowest BCUT2D eigenvalue weighted by Gasteiger charge is -2.23. The monoisotopic (exact) mass is 309 g/mol. The van der Waals surface area contributed by atoms with Gasteiger partial charge in [-0.25, -0.2) is 5.01 Å². The van der Waals surface area contributed by atoms with E-state index in [1.165, 1.54) is 11.1 Å². The molecule has 0 aromatic heterocycles. The molecule has 1 heterocycles. The number of anilines is 2. The second-order valence-electron chi connectivity index (χ2n) is 5.06. The van der Waals surface area contributed by atoms with Crippen molar-refractivity contribution in [3.05, 3.63) is 54.6 Å². The lowest BCUT2D eigenvalue weighted by atomic mass is 10.1. The third-order valence-electron chi connectivity index (χ3n) is 3.45. The van der Waals surface area contributed by atoms with Gasteiger partial charge in [-0.15, -0.1) is 0 Å². The minimum atomic E-state index is -0.431. The summed E-state index contributed by atoms with van der Waals surface area (Å²) in [5.74, 6) is -0.608. The number of carbonyl (C=O) groups is 2. The summed E-state index contributed by atoms with van der Waals surface area (Å²) in [6.07, 6.45) is 0.476. The molecule has 2 N–H and O–H groups in total. The van der Waals surface area contributed by atoms with E-state index in [4.69, 9.17) is 0 Å². The highest BCUT2D eigenvalue weighted by Crippen LogP contribution is 2.23. The summed E-state index contributed by atoms with van der Waals surface area (Å²) in [5, 5.41) is 17.7. The highest BCUT2D eigenvalue weighted by atomic mass is 16.3. The van der Waals surface area contributed by atoms with E-state index in [0.717, 1.165) is 0 Å². The molecule has 0 saturated carbocycles. The van der Waals surface area contributed by atoms with E-state index in [9.17, 15) is 14.7 Å². The fourth-order valence-corrected chi connectivity index (χ4v) is 2.26. The Balaban J connectivity index is 1.83. The first kappa shape index (κ1) is 14.8. The number of hydrazone groups is 1. The molecule has 116 valence electrons. The first-order chi connectivity index (χ1) is 11.1. The SMILES string of the molecule is O=C(Nc1ccccc1O)C1=NN(c2ccccc2)C(=O)CC1. The van der Waals surface area contributed by atoms with Crippen molar-refractivity contribution < 1.29 is 14.7 Å².